The third kappa shape index (κ3) is 18.5. The van der Waals surface area contributed by atoms with Crippen LogP contribution in [0.25, 0.3) is 0 Å². The van der Waals surface area contributed by atoms with Crippen LogP contribution < -0.4 is 21.3 Å². The van der Waals surface area contributed by atoms with E-state index in [1.54, 1.807) is 4.90 Å². The molecule has 17 nitrogen and oxygen atoms in total. The van der Waals surface area contributed by atoms with Gasteiger partial charge in [-0.05, 0) is 57.1 Å². The number of rotatable bonds is 20. The number of amides is 5. The van der Waals surface area contributed by atoms with Crippen LogP contribution in [0.15, 0.2) is 42.9 Å². The number of aromatic nitrogens is 2. The summed E-state index contributed by atoms with van der Waals surface area (Å²) in [5, 5.41) is 19.2. The molecule has 2 aliphatic rings. The second kappa shape index (κ2) is 27.7. The predicted molar refractivity (Wildman–Crippen MR) is 230 cm³/mol. The van der Waals surface area contributed by atoms with E-state index in [4.69, 9.17) is 9.84 Å². The van der Waals surface area contributed by atoms with Crippen LogP contribution in [0.2, 0.25) is 0 Å². The summed E-state index contributed by atoms with van der Waals surface area (Å²) < 4.78 is 5.57. The van der Waals surface area contributed by atoms with Crippen molar-refractivity contribution in [3.05, 3.63) is 54.1 Å². The van der Waals surface area contributed by atoms with Crippen molar-refractivity contribution in [2.45, 2.75) is 111 Å². The molecular weight excluding hydrogens is 793 g/mol. The van der Waals surface area contributed by atoms with Gasteiger partial charge in [-0.1, -0.05) is 63.9 Å². The van der Waals surface area contributed by atoms with E-state index in [0.29, 0.717) is 44.0 Å². The largest absolute Gasteiger partial charge is 0.481 e. The lowest BCUT2D eigenvalue weighted by Gasteiger charge is -2.34. The summed E-state index contributed by atoms with van der Waals surface area (Å²) in [6.45, 7) is 11.1. The van der Waals surface area contributed by atoms with E-state index in [9.17, 15) is 33.6 Å². The van der Waals surface area contributed by atoms with Gasteiger partial charge in [0.2, 0.25) is 23.6 Å². The molecule has 2 heterocycles. The van der Waals surface area contributed by atoms with E-state index >= 15 is 0 Å². The number of hydrogen-bond acceptors (Lipinski definition) is 11. The first-order valence-corrected chi connectivity index (χ1v) is 22.2. The molecule has 1 aliphatic carbocycles. The molecular formula is C42H66N8O9S. The Balaban J connectivity index is 0.000000982. The average molecular weight is 859 g/mol. The Kier molecular flexibility index (Phi) is 23.6. The fourth-order valence-electron chi connectivity index (χ4n) is 6.43. The molecule has 3 unspecified atom stereocenters. The van der Waals surface area contributed by atoms with E-state index in [0.717, 1.165) is 32.2 Å². The molecule has 60 heavy (non-hydrogen) atoms. The minimum absolute atomic E-state index is 0.0620. The number of thioether (sulfide) groups is 1. The van der Waals surface area contributed by atoms with Gasteiger partial charge in [-0.25, -0.2) is 9.78 Å². The Labute approximate surface area is 358 Å². The van der Waals surface area contributed by atoms with E-state index < -0.39 is 54.5 Å². The van der Waals surface area contributed by atoms with Gasteiger partial charge in [-0.3, -0.25) is 33.7 Å². The fourth-order valence-corrected chi connectivity index (χ4v) is 6.90. The van der Waals surface area contributed by atoms with Gasteiger partial charge in [-0.2, -0.15) is 11.8 Å². The molecule has 2 fully saturated rings. The summed E-state index contributed by atoms with van der Waals surface area (Å²) in [6, 6.07) is 6.53. The zero-order valence-electron chi connectivity index (χ0n) is 36.1. The van der Waals surface area contributed by atoms with Crippen LogP contribution in [0, 0.1) is 5.41 Å². The molecule has 0 radical (unpaired) electrons. The number of ether oxygens (including phenoxy) is 1. The highest BCUT2D eigenvalue weighted by Gasteiger charge is 2.36. The van der Waals surface area contributed by atoms with E-state index in [2.05, 4.69) is 36.1 Å². The maximum Gasteiger partial charge on any atom is 0.409 e. The van der Waals surface area contributed by atoms with Crippen LogP contribution in [-0.4, -0.2) is 136 Å². The maximum atomic E-state index is 13.7. The number of aliphatic carboxylic acids is 1. The number of nitrogens with one attached hydrogen (secondary N) is 5. The molecule has 5 amide bonds. The first-order valence-electron chi connectivity index (χ1n) is 20.8. The molecule has 1 aromatic carbocycles. The summed E-state index contributed by atoms with van der Waals surface area (Å²) in [5.41, 5.74) is 1.36. The summed E-state index contributed by atoms with van der Waals surface area (Å²) in [7, 11) is 0. The monoisotopic (exact) mass is 858 g/mol. The van der Waals surface area contributed by atoms with E-state index in [1.165, 1.54) is 36.8 Å². The number of carboxylic acid groups (broad SMARTS) is 1. The summed E-state index contributed by atoms with van der Waals surface area (Å²) in [6.07, 6.45) is 9.14. The van der Waals surface area contributed by atoms with Gasteiger partial charge in [0.15, 0.2) is 0 Å². The number of carbonyl (C=O) groups is 7. The molecule has 3 atom stereocenters. The lowest BCUT2D eigenvalue weighted by Crippen LogP contribution is -2.59. The Hall–Kier alpha value is -4.97. The van der Waals surface area contributed by atoms with Gasteiger partial charge >= 0.3 is 12.1 Å². The Morgan fingerprint density at radius 1 is 0.917 bits per heavy atom. The molecule has 0 spiro atoms. The van der Waals surface area contributed by atoms with Crippen molar-refractivity contribution >= 4 is 53.2 Å². The maximum absolute atomic E-state index is 13.7. The standard InChI is InChI=1S/C33H48N8O7S.C7H12O2.C2H6/c1-4-8-29(43)37-27(17-25-19-34-22-36-25)31(45)39-28(32(46)38-26(11-16-49-3)30(44)35-18-23(2)42)21-48-33(47)41-14-12-40(13-15-41)20-24-9-6-5-7-10-24;1-7(6(8)9)4-2-3-5-7;1-2/h5-7,9-10,19,22,26-28H,4,8,11-18,20-21H2,1-3H3,(H,34,36)(H,35,44)(H,37,43)(H,38,46)(H,39,45);2-5H2,1H3,(H,8,9);1-2H3. The highest BCUT2D eigenvalue weighted by Crippen LogP contribution is 2.37. The number of piperazine rings is 1. The normalized spacial score (nSPS) is 15.9. The molecule has 1 aromatic heterocycles. The zero-order chi connectivity index (χ0) is 44.5. The van der Waals surface area contributed by atoms with Gasteiger partial charge < -0.3 is 41.0 Å². The number of carbonyl (C=O) groups excluding carboxylic acids is 6. The topological polar surface area (TPSA) is 232 Å². The average Bonchev–Trinajstić information content (AvgIpc) is 3.94. The van der Waals surface area contributed by atoms with Gasteiger partial charge in [0.1, 0.15) is 30.5 Å². The van der Waals surface area contributed by atoms with Gasteiger partial charge in [0.25, 0.3) is 0 Å². The summed E-state index contributed by atoms with van der Waals surface area (Å²) in [5.74, 6) is -2.72. The van der Waals surface area contributed by atoms with Crippen molar-refractivity contribution in [1.29, 1.82) is 0 Å². The van der Waals surface area contributed by atoms with Crippen LogP contribution in [-0.2, 0) is 46.5 Å². The second-order valence-electron chi connectivity index (χ2n) is 14.9. The van der Waals surface area contributed by atoms with Crippen LogP contribution >= 0.6 is 11.8 Å². The number of Topliss-reactive ketones (excluding diaryl/α,β-unsaturated/α-hetero) is 1. The highest BCUT2D eigenvalue weighted by molar-refractivity contribution is 7.98. The Bertz CT molecular complexity index is 1630. The van der Waals surface area contributed by atoms with Crippen molar-refractivity contribution in [2.24, 2.45) is 5.41 Å². The van der Waals surface area contributed by atoms with E-state index in [-0.39, 0.29) is 42.9 Å². The van der Waals surface area contributed by atoms with Crippen LogP contribution in [0.1, 0.15) is 90.8 Å². The molecule has 18 heteroatoms. The molecule has 1 aliphatic heterocycles. The van der Waals surface area contributed by atoms with Gasteiger partial charge in [-0.15, -0.1) is 0 Å². The Morgan fingerprint density at radius 3 is 2.10 bits per heavy atom. The van der Waals surface area contributed by atoms with Crippen LogP contribution in [0.5, 0.6) is 0 Å². The minimum atomic E-state index is -1.40. The molecule has 1 saturated heterocycles. The molecule has 1 saturated carbocycles. The smallest absolute Gasteiger partial charge is 0.409 e. The summed E-state index contributed by atoms with van der Waals surface area (Å²) in [4.78, 5) is 98.4. The van der Waals surface area contributed by atoms with Crippen molar-refractivity contribution in [2.75, 3.05) is 51.3 Å². The molecule has 334 valence electrons. The first kappa shape index (κ1) is 51.2. The van der Waals surface area contributed by atoms with Crippen molar-refractivity contribution in [3.63, 3.8) is 0 Å². The molecule has 6 N–H and O–H groups in total. The number of imidazole rings is 1. The van der Waals surface area contributed by atoms with Gasteiger partial charge in [0.05, 0.1) is 18.3 Å². The third-order valence-electron chi connectivity index (χ3n) is 9.97. The third-order valence-corrected chi connectivity index (χ3v) is 10.6. The number of H-pyrrole nitrogens is 1. The van der Waals surface area contributed by atoms with Crippen molar-refractivity contribution < 1.29 is 43.4 Å². The van der Waals surface area contributed by atoms with Crippen LogP contribution in [0.4, 0.5) is 4.79 Å². The molecule has 0 bridgehead atoms. The zero-order valence-corrected chi connectivity index (χ0v) is 36.9. The van der Waals surface area contributed by atoms with Crippen LogP contribution in [0.3, 0.4) is 0 Å². The quantitative estimate of drug-likeness (QED) is 0.113. The summed E-state index contributed by atoms with van der Waals surface area (Å²) >= 11 is 1.47. The number of aromatic amines is 1. The number of nitrogens with zero attached hydrogens (tertiary/aromatic N) is 3. The second-order valence-corrected chi connectivity index (χ2v) is 15.9. The minimum Gasteiger partial charge on any atom is -0.481 e. The number of ketones is 1. The Morgan fingerprint density at radius 2 is 1.55 bits per heavy atom. The lowest BCUT2D eigenvalue weighted by atomic mass is 9.89. The number of benzene rings is 1. The molecule has 4 rings (SSSR count). The van der Waals surface area contributed by atoms with Crippen molar-refractivity contribution in [3.8, 4) is 0 Å². The fraction of sp³-hybridized carbons (Fsp3) is 0.619. The SMILES string of the molecule is CC.CC1(C(=O)O)CCCC1.CCCC(=O)NC(Cc1cnc[nH]1)C(=O)NC(COC(=O)N1CCN(Cc2ccccc2)CC1)C(=O)NC(CCSC)C(=O)NCC(C)=O. The highest BCUT2D eigenvalue weighted by atomic mass is 32.2. The number of hydrogen-bond donors (Lipinski definition) is 6. The first-order chi connectivity index (χ1) is 28.7. The predicted octanol–water partition coefficient (Wildman–Crippen LogP) is 3.30. The van der Waals surface area contributed by atoms with E-state index in [1.807, 2.05) is 64.3 Å². The molecule has 2 aromatic rings. The lowest BCUT2D eigenvalue weighted by molar-refractivity contribution is -0.147. The van der Waals surface area contributed by atoms with Crippen molar-refractivity contribution in [1.82, 2.24) is 41.0 Å². The number of carboxylic acids is 1. The van der Waals surface area contributed by atoms with Gasteiger partial charge in [0, 0.05) is 57.5 Å².